The van der Waals surface area contributed by atoms with E-state index in [4.69, 9.17) is 5.73 Å². The van der Waals surface area contributed by atoms with Crippen LogP contribution in [0.15, 0.2) is 44.0 Å². The van der Waals surface area contributed by atoms with Crippen LogP contribution < -0.4 is 11.1 Å². The van der Waals surface area contributed by atoms with Crippen molar-refractivity contribution in [3.8, 4) is 0 Å². The molecule has 0 saturated carbocycles. The Morgan fingerprint density at radius 3 is 2.97 bits per heavy atom. The standard InChI is InChI=1S/C20H17N7O6S2/c1-32-25-12(15-24-20(21)33-26-15)16(28)23-13-17(29)27-14(19(30)31)9(5-35-18(13)27)4-8-2-3-22-11-7-34-6-10(8)11/h2-3,6-7,13,18H,4-5H2,1H3,(H,23,28)(H,30,31)(H2,21,24,26)/b25-12-/t13?,18-/m1/s1. The van der Waals surface area contributed by atoms with Gasteiger partial charge in [0.25, 0.3) is 11.8 Å². The third-order valence-electron chi connectivity index (χ3n) is 5.47. The molecule has 2 aliphatic rings. The van der Waals surface area contributed by atoms with Crippen LogP contribution >= 0.6 is 23.1 Å². The number of carbonyl (C=O) groups is 3. The van der Waals surface area contributed by atoms with Crippen molar-refractivity contribution in [1.29, 1.82) is 0 Å². The van der Waals surface area contributed by atoms with Crippen LogP contribution in [0, 0.1) is 0 Å². The van der Waals surface area contributed by atoms with Crippen molar-refractivity contribution < 1.29 is 28.9 Å². The molecule has 2 amide bonds. The summed E-state index contributed by atoms with van der Waals surface area (Å²) in [5.41, 5.74) is 7.37. The molecule has 0 radical (unpaired) electrons. The number of thioether (sulfide) groups is 1. The molecule has 3 aromatic rings. The molecule has 1 fully saturated rings. The predicted octanol–water partition coefficient (Wildman–Crippen LogP) is 0.593. The Labute approximate surface area is 205 Å². The summed E-state index contributed by atoms with van der Waals surface area (Å²) in [6.45, 7) is 0. The summed E-state index contributed by atoms with van der Waals surface area (Å²) in [6, 6.07) is 0.600. The number of β-lactam (4-membered cyclic amide) rings is 1. The normalized spacial score (nSPS) is 20.0. The number of oxime groups is 1. The monoisotopic (exact) mass is 515 g/mol. The number of anilines is 1. The van der Waals surface area contributed by atoms with E-state index in [0.717, 1.165) is 16.5 Å². The molecular weight excluding hydrogens is 498 g/mol. The fourth-order valence-corrected chi connectivity index (χ4v) is 6.09. The Morgan fingerprint density at radius 1 is 1.43 bits per heavy atom. The molecule has 5 heterocycles. The quantitative estimate of drug-likeness (QED) is 0.227. The van der Waals surface area contributed by atoms with Gasteiger partial charge in [-0.25, -0.2) is 4.79 Å². The number of pyridine rings is 1. The van der Waals surface area contributed by atoms with Crippen LogP contribution in [0.5, 0.6) is 0 Å². The van der Waals surface area contributed by atoms with Crippen molar-refractivity contribution >= 4 is 63.5 Å². The van der Waals surface area contributed by atoms with Gasteiger partial charge < -0.3 is 25.5 Å². The summed E-state index contributed by atoms with van der Waals surface area (Å²) in [5, 5.41) is 23.9. The summed E-state index contributed by atoms with van der Waals surface area (Å²) < 4.78 is 4.66. The summed E-state index contributed by atoms with van der Waals surface area (Å²) in [7, 11) is 1.22. The van der Waals surface area contributed by atoms with E-state index in [1.54, 1.807) is 6.20 Å². The summed E-state index contributed by atoms with van der Waals surface area (Å²) in [6.07, 6.45) is 2.04. The number of hydrogen-bond acceptors (Lipinski definition) is 12. The van der Waals surface area contributed by atoms with Crippen LogP contribution in [0.4, 0.5) is 6.01 Å². The van der Waals surface area contributed by atoms with Gasteiger partial charge in [-0.05, 0) is 23.6 Å². The van der Waals surface area contributed by atoms with E-state index in [9.17, 15) is 19.5 Å². The van der Waals surface area contributed by atoms with Crippen molar-refractivity contribution in [3.63, 3.8) is 0 Å². The molecule has 3 aromatic heterocycles. The molecule has 2 atom stereocenters. The van der Waals surface area contributed by atoms with Gasteiger partial charge >= 0.3 is 12.0 Å². The first kappa shape index (κ1) is 22.8. The SMILES string of the molecule is CO/N=C(\C(=O)NC1C(=O)N2C(C(=O)O)=C(Cc3ccnc4cscc34)CS[C@H]12)c1noc(N)n1. The number of nitrogen functional groups attached to an aromatic ring is 1. The Bertz CT molecular complexity index is 1410. The Morgan fingerprint density at radius 2 is 2.26 bits per heavy atom. The molecule has 5 rings (SSSR count). The molecule has 15 heteroatoms. The highest BCUT2D eigenvalue weighted by Gasteiger charge is 2.54. The van der Waals surface area contributed by atoms with E-state index >= 15 is 0 Å². The minimum absolute atomic E-state index is 0.0684. The molecule has 35 heavy (non-hydrogen) atoms. The Balaban J connectivity index is 1.38. The molecule has 1 saturated heterocycles. The lowest BCUT2D eigenvalue weighted by molar-refractivity contribution is -0.150. The summed E-state index contributed by atoms with van der Waals surface area (Å²) in [5.74, 6) is -2.40. The first-order valence-corrected chi connectivity index (χ1v) is 12.1. The van der Waals surface area contributed by atoms with Crippen LogP contribution in [-0.4, -0.2) is 72.9 Å². The molecule has 4 N–H and O–H groups in total. The van der Waals surface area contributed by atoms with Crippen LogP contribution in [0.3, 0.4) is 0 Å². The molecule has 0 bridgehead atoms. The topological polar surface area (TPSA) is 186 Å². The molecule has 1 unspecified atom stereocenters. The van der Waals surface area contributed by atoms with Crippen molar-refractivity contribution in [2.45, 2.75) is 17.8 Å². The lowest BCUT2D eigenvalue weighted by Gasteiger charge is -2.49. The minimum atomic E-state index is -1.21. The highest BCUT2D eigenvalue weighted by Crippen LogP contribution is 2.41. The van der Waals surface area contributed by atoms with Crippen molar-refractivity contribution in [3.05, 3.63) is 45.7 Å². The number of aromatic nitrogens is 3. The van der Waals surface area contributed by atoms with Gasteiger partial charge in [-0.3, -0.25) is 19.5 Å². The Kier molecular flexibility index (Phi) is 5.86. The molecule has 0 aliphatic carbocycles. The second-order valence-corrected chi connectivity index (χ2v) is 9.36. The number of fused-ring (bicyclic) bond motifs is 2. The molecule has 13 nitrogen and oxygen atoms in total. The second kappa shape index (κ2) is 8.99. The van der Waals surface area contributed by atoms with E-state index < -0.39 is 29.2 Å². The van der Waals surface area contributed by atoms with Gasteiger partial charge in [-0.2, -0.15) is 4.98 Å². The van der Waals surface area contributed by atoms with Gasteiger partial charge in [0.2, 0.25) is 11.5 Å². The zero-order valence-electron chi connectivity index (χ0n) is 18.0. The zero-order valence-corrected chi connectivity index (χ0v) is 19.6. The first-order valence-electron chi connectivity index (χ1n) is 10.1. The lowest BCUT2D eigenvalue weighted by atomic mass is 9.98. The van der Waals surface area contributed by atoms with Crippen molar-refractivity contribution in [2.24, 2.45) is 5.16 Å². The zero-order chi connectivity index (χ0) is 24.7. The predicted molar refractivity (Wildman–Crippen MR) is 125 cm³/mol. The number of amides is 2. The van der Waals surface area contributed by atoms with Gasteiger partial charge in [-0.1, -0.05) is 10.3 Å². The van der Waals surface area contributed by atoms with E-state index in [1.807, 2.05) is 16.8 Å². The first-order chi connectivity index (χ1) is 16.9. The number of nitrogens with one attached hydrogen (secondary N) is 1. The van der Waals surface area contributed by atoms with Gasteiger partial charge in [0.1, 0.15) is 24.2 Å². The van der Waals surface area contributed by atoms with Gasteiger partial charge in [0.15, 0.2) is 0 Å². The third kappa shape index (κ3) is 3.97. The molecular formula is C20H17N7O6S2. The van der Waals surface area contributed by atoms with E-state index in [2.05, 4.69) is 35.0 Å². The average Bonchev–Trinajstić information content (AvgIpc) is 3.49. The number of aliphatic carboxylic acids is 1. The smallest absolute Gasteiger partial charge is 0.352 e. The summed E-state index contributed by atoms with van der Waals surface area (Å²) in [4.78, 5) is 51.9. The minimum Gasteiger partial charge on any atom is -0.477 e. The maximum Gasteiger partial charge on any atom is 0.352 e. The highest BCUT2D eigenvalue weighted by atomic mass is 32.2. The van der Waals surface area contributed by atoms with E-state index in [0.29, 0.717) is 17.7 Å². The maximum absolute atomic E-state index is 13.0. The molecule has 0 aromatic carbocycles. The van der Waals surface area contributed by atoms with Crippen LogP contribution in [0.25, 0.3) is 10.9 Å². The number of rotatable bonds is 7. The van der Waals surface area contributed by atoms with Crippen LogP contribution in [0.2, 0.25) is 0 Å². The van der Waals surface area contributed by atoms with Crippen molar-refractivity contribution in [1.82, 2.24) is 25.3 Å². The number of carboxylic acid groups (broad SMARTS) is 1. The number of thiophene rings is 1. The number of carboxylic acids is 1. The second-order valence-electron chi connectivity index (χ2n) is 7.51. The fraction of sp³-hybridized carbons (Fsp3) is 0.250. The fourth-order valence-electron chi connectivity index (χ4n) is 3.95. The number of nitrogens with zero attached hydrogens (tertiary/aromatic N) is 5. The Hall–Kier alpha value is -3.98. The molecule has 180 valence electrons. The van der Waals surface area contributed by atoms with Crippen molar-refractivity contribution in [2.75, 3.05) is 18.6 Å². The van der Waals surface area contributed by atoms with Crippen LogP contribution in [0.1, 0.15) is 11.4 Å². The largest absolute Gasteiger partial charge is 0.477 e. The highest BCUT2D eigenvalue weighted by molar-refractivity contribution is 8.00. The van der Waals surface area contributed by atoms with Gasteiger partial charge in [-0.15, -0.1) is 23.1 Å². The number of nitrogens with two attached hydrogens (primary N) is 1. The maximum atomic E-state index is 13.0. The van der Waals surface area contributed by atoms with Crippen LogP contribution in [-0.2, 0) is 25.6 Å². The third-order valence-corrected chi connectivity index (χ3v) is 7.54. The van der Waals surface area contributed by atoms with E-state index in [1.165, 1.54) is 35.1 Å². The summed E-state index contributed by atoms with van der Waals surface area (Å²) >= 11 is 2.88. The van der Waals surface area contributed by atoms with Gasteiger partial charge in [0.05, 0.1) is 5.52 Å². The van der Waals surface area contributed by atoms with Gasteiger partial charge in [0, 0.05) is 28.1 Å². The average molecular weight is 516 g/mol. The number of carbonyl (C=O) groups excluding carboxylic acids is 2. The molecule has 2 aliphatic heterocycles. The van der Waals surface area contributed by atoms with E-state index in [-0.39, 0.29) is 23.2 Å². The molecule has 0 spiro atoms. The number of hydrogen-bond donors (Lipinski definition) is 3. The lowest BCUT2D eigenvalue weighted by Crippen LogP contribution is -2.71.